The molecule has 0 spiro atoms. The summed E-state index contributed by atoms with van der Waals surface area (Å²) in [4.78, 5) is 12.4. The predicted molar refractivity (Wildman–Crippen MR) is 79.2 cm³/mol. The van der Waals surface area contributed by atoms with Crippen LogP contribution in [0.25, 0.3) is 0 Å². The average Bonchev–Trinajstić information content (AvgIpc) is 2.37. The van der Waals surface area contributed by atoms with Gasteiger partial charge < -0.3 is 10.4 Å². The molecule has 19 heavy (non-hydrogen) atoms. The fourth-order valence-electron chi connectivity index (χ4n) is 1.56. The van der Waals surface area contributed by atoms with Gasteiger partial charge in [0.2, 0.25) is 0 Å². The number of phenols is 1. The number of rotatable bonds is 2. The third kappa shape index (κ3) is 3.43. The molecule has 0 atom stereocenters. The first-order valence-electron chi connectivity index (χ1n) is 5.60. The molecular formula is C14H12ClNO2S. The minimum atomic E-state index is -0.294. The van der Waals surface area contributed by atoms with E-state index in [2.05, 4.69) is 5.32 Å². The van der Waals surface area contributed by atoms with Crippen molar-refractivity contribution in [3.63, 3.8) is 0 Å². The molecule has 0 heterocycles. The number of benzene rings is 2. The number of aromatic hydroxyl groups is 1. The lowest BCUT2D eigenvalue weighted by molar-refractivity contribution is 0.269. The Labute approximate surface area is 120 Å². The quantitative estimate of drug-likeness (QED) is 0.791. The molecule has 1 amide bonds. The molecule has 0 aliphatic rings. The molecule has 0 aromatic heterocycles. The summed E-state index contributed by atoms with van der Waals surface area (Å²) in [6.45, 7) is 1.87. The van der Waals surface area contributed by atoms with Crippen molar-refractivity contribution in [1.82, 2.24) is 0 Å². The summed E-state index contributed by atoms with van der Waals surface area (Å²) < 4.78 is 0. The molecule has 0 radical (unpaired) electrons. The Balaban J connectivity index is 2.12. The van der Waals surface area contributed by atoms with Gasteiger partial charge >= 0.3 is 0 Å². The van der Waals surface area contributed by atoms with Crippen molar-refractivity contribution in [3.8, 4) is 5.75 Å². The summed E-state index contributed by atoms with van der Waals surface area (Å²) >= 11 is 6.96. The predicted octanol–water partition coefficient (Wildman–Crippen LogP) is 4.68. The van der Waals surface area contributed by atoms with Crippen LogP contribution in [0.5, 0.6) is 5.75 Å². The van der Waals surface area contributed by atoms with E-state index in [1.807, 2.05) is 19.1 Å². The normalized spacial score (nSPS) is 10.2. The molecule has 2 rings (SSSR count). The van der Waals surface area contributed by atoms with Crippen molar-refractivity contribution in [3.05, 3.63) is 53.1 Å². The molecule has 0 saturated carbocycles. The summed E-state index contributed by atoms with van der Waals surface area (Å²) in [5.74, 6) is 0.0820. The maximum atomic E-state index is 11.9. The van der Waals surface area contributed by atoms with E-state index < -0.39 is 0 Å². The van der Waals surface area contributed by atoms with Gasteiger partial charge in [0.15, 0.2) is 0 Å². The molecular weight excluding hydrogens is 282 g/mol. The molecule has 0 unspecified atom stereocenters. The SMILES string of the molecule is Cc1cccc(Cl)c1NC(=O)Sc1ccccc1O. The van der Waals surface area contributed by atoms with E-state index in [0.717, 1.165) is 17.3 Å². The summed E-state index contributed by atoms with van der Waals surface area (Å²) in [5, 5.41) is 12.5. The second kappa shape index (κ2) is 5.99. The Morgan fingerprint density at radius 3 is 2.63 bits per heavy atom. The van der Waals surface area contributed by atoms with Gasteiger partial charge in [-0.05, 0) is 42.4 Å². The minimum Gasteiger partial charge on any atom is -0.507 e. The molecule has 0 aliphatic carbocycles. The first-order chi connectivity index (χ1) is 9.08. The smallest absolute Gasteiger partial charge is 0.288 e. The van der Waals surface area contributed by atoms with E-state index in [9.17, 15) is 9.90 Å². The first kappa shape index (κ1) is 13.8. The molecule has 0 fully saturated rings. The number of carbonyl (C=O) groups excluding carboxylic acids is 1. The molecule has 2 aromatic rings. The van der Waals surface area contributed by atoms with E-state index in [4.69, 9.17) is 11.6 Å². The summed E-state index contributed by atoms with van der Waals surface area (Å²) in [5.41, 5.74) is 1.48. The van der Waals surface area contributed by atoms with Crippen LogP contribution in [-0.2, 0) is 0 Å². The number of halogens is 1. The third-order valence-corrected chi connectivity index (χ3v) is 3.68. The monoisotopic (exact) mass is 293 g/mol. The largest absolute Gasteiger partial charge is 0.507 e. The van der Waals surface area contributed by atoms with Crippen LogP contribution >= 0.6 is 23.4 Å². The zero-order valence-electron chi connectivity index (χ0n) is 10.2. The molecule has 5 heteroatoms. The van der Waals surface area contributed by atoms with Crippen molar-refractivity contribution in [2.75, 3.05) is 5.32 Å². The number of hydrogen-bond acceptors (Lipinski definition) is 3. The lowest BCUT2D eigenvalue weighted by atomic mass is 10.2. The molecule has 0 saturated heterocycles. The molecule has 2 aromatic carbocycles. The van der Waals surface area contributed by atoms with E-state index in [-0.39, 0.29) is 11.0 Å². The Morgan fingerprint density at radius 2 is 1.95 bits per heavy atom. The van der Waals surface area contributed by atoms with Gasteiger partial charge in [-0.2, -0.15) is 0 Å². The Hall–Kier alpha value is -1.65. The number of para-hydroxylation sites is 2. The van der Waals surface area contributed by atoms with Gasteiger partial charge in [-0.15, -0.1) is 0 Å². The number of amides is 1. The molecule has 2 N–H and O–H groups in total. The number of aryl methyl sites for hydroxylation is 1. The van der Waals surface area contributed by atoms with Crippen molar-refractivity contribution in [1.29, 1.82) is 0 Å². The molecule has 0 bridgehead atoms. The second-order valence-electron chi connectivity index (χ2n) is 3.91. The van der Waals surface area contributed by atoms with E-state index >= 15 is 0 Å². The lowest BCUT2D eigenvalue weighted by Gasteiger charge is -2.10. The van der Waals surface area contributed by atoms with Crippen molar-refractivity contribution < 1.29 is 9.90 Å². The number of carbonyl (C=O) groups is 1. The van der Waals surface area contributed by atoms with E-state index in [1.54, 1.807) is 24.3 Å². The van der Waals surface area contributed by atoms with E-state index in [1.165, 1.54) is 6.07 Å². The maximum absolute atomic E-state index is 11.9. The molecule has 3 nitrogen and oxygen atoms in total. The van der Waals surface area contributed by atoms with Crippen molar-refractivity contribution in [2.24, 2.45) is 0 Å². The number of hydrogen-bond donors (Lipinski definition) is 2. The molecule has 0 aliphatic heterocycles. The van der Waals surface area contributed by atoms with E-state index in [0.29, 0.717) is 15.6 Å². The highest BCUT2D eigenvalue weighted by molar-refractivity contribution is 8.14. The van der Waals surface area contributed by atoms with Crippen LogP contribution in [0.2, 0.25) is 5.02 Å². The lowest BCUT2D eigenvalue weighted by Crippen LogP contribution is -2.06. The van der Waals surface area contributed by atoms with Gasteiger partial charge in [0.25, 0.3) is 5.24 Å². The Kier molecular flexibility index (Phi) is 4.35. The highest BCUT2D eigenvalue weighted by Crippen LogP contribution is 2.31. The van der Waals surface area contributed by atoms with Crippen LogP contribution in [0.15, 0.2) is 47.4 Å². The number of thioether (sulfide) groups is 1. The van der Waals surface area contributed by atoms with Gasteiger partial charge in [-0.1, -0.05) is 35.9 Å². The Morgan fingerprint density at radius 1 is 1.21 bits per heavy atom. The second-order valence-corrected chi connectivity index (χ2v) is 5.34. The summed E-state index contributed by atoms with van der Waals surface area (Å²) in [6.07, 6.45) is 0. The number of phenolic OH excluding ortho intramolecular Hbond substituents is 1. The zero-order valence-corrected chi connectivity index (χ0v) is 11.8. The average molecular weight is 294 g/mol. The van der Waals surface area contributed by atoms with Crippen LogP contribution in [0.4, 0.5) is 10.5 Å². The van der Waals surface area contributed by atoms with Crippen molar-refractivity contribution in [2.45, 2.75) is 11.8 Å². The minimum absolute atomic E-state index is 0.0820. The van der Waals surface area contributed by atoms with Crippen LogP contribution in [0.1, 0.15) is 5.56 Å². The topological polar surface area (TPSA) is 49.3 Å². The van der Waals surface area contributed by atoms with Gasteiger partial charge in [0, 0.05) is 0 Å². The van der Waals surface area contributed by atoms with Crippen LogP contribution in [-0.4, -0.2) is 10.3 Å². The Bertz CT molecular complexity index is 596. The number of anilines is 1. The highest BCUT2D eigenvalue weighted by atomic mass is 35.5. The fraction of sp³-hybridized carbons (Fsp3) is 0.0714. The summed E-state index contributed by atoms with van der Waals surface area (Å²) in [7, 11) is 0. The van der Waals surface area contributed by atoms with Gasteiger partial charge in [0.1, 0.15) is 5.75 Å². The summed E-state index contributed by atoms with van der Waals surface area (Å²) in [6, 6.07) is 12.1. The highest BCUT2D eigenvalue weighted by Gasteiger charge is 2.11. The van der Waals surface area contributed by atoms with Gasteiger partial charge in [-0.3, -0.25) is 4.79 Å². The van der Waals surface area contributed by atoms with Crippen LogP contribution in [0.3, 0.4) is 0 Å². The van der Waals surface area contributed by atoms with Gasteiger partial charge in [-0.25, -0.2) is 0 Å². The standard InChI is InChI=1S/C14H12ClNO2S/c1-9-5-4-6-10(15)13(9)16-14(18)19-12-8-3-2-7-11(12)17/h2-8,17H,1H3,(H,16,18). The van der Waals surface area contributed by atoms with Crippen LogP contribution < -0.4 is 5.32 Å². The van der Waals surface area contributed by atoms with Crippen LogP contribution in [0, 0.1) is 6.92 Å². The number of nitrogens with one attached hydrogen (secondary N) is 1. The van der Waals surface area contributed by atoms with Crippen molar-refractivity contribution >= 4 is 34.3 Å². The van der Waals surface area contributed by atoms with Gasteiger partial charge in [0.05, 0.1) is 15.6 Å². The fourth-order valence-corrected chi connectivity index (χ4v) is 2.50. The maximum Gasteiger partial charge on any atom is 0.288 e. The zero-order chi connectivity index (χ0) is 13.8. The third-order valence-electron chi connectivity index (χ3n) is 2.52. The molecule has 98 valence electrons. The first-order valence-corrected chi connectivity index (χ1v) is 6.79.